The molecule has 0 radical (unpaired) electrons. The zero-order valence-corrected chi connectivity index (χ0v) is 13.1. The number of carbonyl (C=O) groups excluding carboxylic acids is 1. The highest BCUT2D eigenvalue weighted by Crippen LogP contribution is 2.10. The number of nitrogens with one attached hydrogen (secondary N) is 1. The van der Waals surface area contributed by atoms with Crippen molar-refractivity contribution in [2.45, 2.75) is 26.3 Å². The molecule has 0 saturated carbocycles. The van der Waals surface area contributed by atoms with Crippen molar-refractivity contribution >= 4 is 5.97 Å². The highest BCUT2D eigenvalue weighted by atomic mass is 16.5. The van der Waals surface area contributed by atoms with Crippen molar-refractivity contribution in [1.29, 1.82) is 0 Å². The van der Waals surface area contributed by atoms with Gasteiger partial charge < -0.3 is 15.0 Å². The van der Waals surface area contributed by atoms with Gasteiger partial charge in [-0.2, -0.15) is 0 Å². The van der Waals surface area contributed by atoms with Gasteiger partial charge in [0.1, 0.15) is 0 Å². The summed E-state index contributed by atoms with van der Waals surface area (Å²) < 4.78 is 4.69. The molecule has 0 bridgehead atoms. The summed E-state index contributed by atoms with van der Waals surface area (Å²) in [4.78, 5) is 13.9. The third kappa shape index (κ3) is 5.14. The third-order valence-electron chi connectivity index (χ3n) is 3.97. The van der Waals surface area contributed by atoms with E-state index in [0.29, 0.717) is 11.5 Å². The van der Waals surface area contributed by atoms with Gasteiger partial charge in [-0.3, -0.25) is 0 Å². The van der Waals surface area contributed by atoms with Crippen LogP contribution >= 0.6 is 0 Å². The van der Waals surface area contributed by atoms with Gasteiger partial charge in [-0.25, -0.2) is 4.79 Å². The molecule has 1 aromatic rings. The molecule has 4 heteroatoms. The Kier molecular flexibility index (Phi) is 6.21. The fourth-order valence-electron chi connectivity index (χ4n) is 2.81. The number of ether oxygens (including phenoxy) is 1. The van der Waals surface area contributed by atoms with Crippen molar-refractivity contribution in [3.8, 4) is 0 Å². The van der Waals surface area contributed by atoms with Crippen LogP contribution < -0.4 is 5.32 Å². The number of rotatable bonds is 7. The van der Waals surface area contributed by atoms with Crippen LogP contribution in [0.4, 0.5) is 0 Å². The van der Waals surface area contributed by atoms with Crippen LogP contribution in [0.3, 0.4) is 0 Å². The third-order valence-corrected chi connectivity index (χ3v) is 3.97. The number of carbonyl (C=O) groups is 1. The van der Waals surface area contributed by atoms with Crippen LogP contribution in [0.25, 0.3) is 0 Å². The van der Waals surface area contributed by atoms with E-state index in [1.807, 2.05) is 24.3 Å². The molecule has 0 aromatic heterocycles. The summed E-state index contributed by atoms with van der Waals surface area (Å²) in [6.45, 7) is 7.87. The van der Waals surface area contributed by atoms with E-state index in [2.05, 4.69) is 17.1 Å². The zero-order valence-electron chi connectivity index (χ0n) is 13.1. The number of hydrogen-bond donors (Lipinski definition) is 1. The molecule has 4 nitrogen and oxygen atoms in total. The first kappa shape index (κ1) is 16.0. The number of methoxy groups -OCH3 is 1. The van der Waals surface area contributed by atoms with E-state index >= 15 is 0 Å². The Labute approximate surface area is 127 Å². The molecule has 21 heavy (non-hydrogen) atoms. The molecular formula is C17H26N2O2. The van der Waals surface area contributed by atoms with Crippen molar-refractivity contribution in [3.63, 3.8) is 0 Å². The lowest BCUT2D eigenvalue weighted by Crippen LogP contribution is -2.31. The SMILES string of the molecule is COC(=O)c1ccc(CNCC(C)CN2CCCC2)cc1. The molecule has 1 saturated heterocycles. The molecule has 1 N–H and O–H groups in total. The maximum absolute atomic E-state index is 11.4. The van der Waals surface area contributed by atoms with Gasteiger partial charge in [-0.05, 0) is 56.1 Å². The van der Waals surface area contributed by atoms with E-state index in [1.54, 1.807) is 0 Å². The Morgan fingerprint density at radius 3 is 2.57 bits per heavy atom. The van der Waals surface area contributed by atoms with Gasteiger partial charge in [-0.15, -0.1) is 0 Å². The monoisotopic (exact) mass is 290 g/mol. The summed E-state index contributed by atoms with van der Waals surface area (Å²) in [6.07, 6.45) is 2.71. The Morgan fingerprint density at radius 2 is 1.95 bits per heavy atom. The molecule has 2 rings (SSSR count). The lowest BCUT2D eigenvalue weighted by molar-refractivity contribution is 0.0600. The van der Waals surface area contributed by atoms with Gasteiger partial charge in [0.05, 0.1) is 12.7 Å². The van der Waals surface area contributed by atoms with Gasteiger partial charge >= 0.3 is 5.97 Å². The Balaban J connectivity index is 1.69. The lowest BCUT2D eigenvalue weighted by atomic mass is 10.1. The second-order valence-electron chi connectivity index (χ2n) is 5.93. The van der Waals surface area contributed by atoms with Gasteiger partial charge in [-0.1, -0.05) is 19.1 Å². The van der Waals surface area contributed by atoms with Gasteiger partial charge in [0.15, 0.2) is 0 Å². The maximum atomic E-state index is 11.4. The molecule has 1 aromatic carbocycles. The smallest absolute Gasteiger partial charge is 0.337 e. The fraction of sp³-hybridized carbons (Fsp3) is 0.588. The maximum Gasteiger partial charge on any atom is 0.337 e. The van der Waals surface area contributed by atoms with Crippen LogP contribution in [0.2, 0.25) is 0 Å². The molecule has 1 fully saturated rings. The van der Waals surface area contributed by atoms with E-state index in [0.717, 1.165) is 13.1 Å². The lowest BCUT2D eigenvalue weighted by Gasteiger charge is -2.20. The Morgan fingerprint density at radius 1 is 1.29 bits per heavy atom. The van der Waals surface area contributed by atoms with Crippen LogP contribution in [-0.4, -0.2) is 44.2 Å². The van der Waals surface area contributed by atoms with Crippen molar-refractivity contribution in [2.24, 2.45) is 5.92 Å². The molecular weight excluding hydrogens is 264 g/mol. The second-order valence-corrected chi connectivity index (χ2v) is 5.93. The first-order chi connectivity index (χ1) is 10.2. The topological polar surface area (TPSA) is 41.6 Å². The second kappa shape index (κ2) is 8.15. The molecule has 1 aliphatic heterocycles. The number of likely N-dealkylation sites (tertiary alicyclic amines) is 1. The molecule has 0 aliphatic carbocycles. The van der Waals surface area contributed by atoms with Crippen LogP contribution in [0.1, 0.15) is 35.7 Å². The molecule has 0 spiro atoms. The summed E-state index contributed by atoms with van der Waals surface area (Å²) in [5.74, 6) is 0.381. The summed E-state index contributed by atoms with van der Waals surface area (Å²) in [5.41, 5.74) is 1.79. The average molecular weight is 290 g/mol. The minimum absolute atomic E-state index is 0.284. The molecule has 0 amide bonds. The summed E-state index contributed by atoms with van der Waals surface area (Å²) in [7, 11) is 1.40. The highest BCUT2D eigenvalue weighted by Gasteiger charge is 2.14. The first-order valence-electron chi connectivity index (χ1n) is 7.79. The number of esters is 1. The fourth-order valence-corrected chi connectivity index (χ4v) is 2.81. The van der Waals surface area contributed by atoms with E-state index in [-0.39, 0.29) is 5.97 Å². The Bertz CT molecular complexity index is 439. The van der Waals surface area contributed by atoms with Crippen LogP contribution in [0.5, 0.6) is 0 Å². The van der Waals surface area contributed by atoms with Gasteiger partial charge in [0.2, 0.25) is 0 Å². The summed E-state index contributed by atoms with van der Waals surface area (Å²) in [5, 5.41) is 3.50. The van der Waals surface area contributed by atoms with Crippen LogP contribution in [-0.2, 0) is 11.3 Å². The number of nitrogens with zero attached hydrogens (tertiary/aromatic N) is 1. The molecule has 1 unspecified atom stereocenters. The summed E-state index contributed by atoms with van der Waals surface area (Å²) >= 11 is 0. The minimum atomic E-state index is -0.284. The predicted molar refractivity (Wildman–Crippen MR) is 84.3 cm³/mol. The first-order valence-corrected chi connectivity index (χ1v) is 7.79. The van der Waals surface area contributed by atoms with E-state index in [1.165, 1.54) is 45.1 Å². The van der Waals surface area contributed by atoms with Crippen molar-refractivity contribution in [3.05, 3.63) is 35.4 Å². The molecule has 1 aliphatic rings. The van der Waals surface area contributed by atoms with E-state index < -0.39 is 0 Å². The molecule has 1 heterocycles. The highest BCUT2D eigenvalue weighted by molar-refractivity contribution is 5.89. The van der Waals surface area contributed by atoms with Crippen molar-refractivity contribution in [1.82, 2.24) is 10.2 Å². The average Bonchev–Trinajstić information content (AvgIpc) is 3.00. The normalized spacial score (nSPS) is 16.9. The minimum Gasteiger partial charge on any atom is -0.465 e. The summed E-state index contributed by atoms with van der Waals surface area (Å²) in [6, 6.07) is 7.59. The Hall–Kier alpha value is -1.39. The predicted octanol–water partition coefficient (Wildman–Crippen LogP) is 2.29. The van der Waals surface area contributed by atoms with Gasteiger partial charge in [0.25, 0.3) is 0 Å². The quantitative estimate of drug-likeness (QED) is 0.782. The van der Waals surface area contributed by atoms with E-state index in [4.69, 9.17) is 4.74 Å². The van der Waals surface area contributed by atoms with Crippen molar-refractivity contribution in [2.75, 3.05) is 33.3 Å². The zero-order chi connectivity index (χ0) is 15.1. The number of hydrogen-bond acceptors (Lipinski definition) is 4. The molecule has 116 valence electrons. The van der Waals surface area contributed by atoms with Gasteiger partial charge in [0, 0.05) is 13.1 Å². The van der Waals surface area contributed by atoms with Crippen molar-refractivity contribution < 1.29 is 9.53 Å². The van der Waals surface area contributed by atoms with E-state index in [9.17, 15) is 4.79 Å². The molecule has 1 atom stereocenters. The largest absolute Gasteiger partial charge is 0.465 e. The standard InChI is InChI=1S/C17H26N2O2/c1-14(13-19-9-3-4-10-19)11-18-12-15-5-7-16(8-6-15)17(20)21-2/h5-8,14,18H,3-4,9-13H2,1-2H3. The van der Waals surface area contributed by atoms with Crippen LogP contribution in [0, 0.1) is 5.92 Å². The number of benzene rings is 1. The van der Waals surface area contributed by atoms with Crippen LogP contribution in [0.15, 0.2) is 24.3 Å².